The molecule has 0 radical (unpaired) electrons. The molecule has 3 rings (SSSR count). The fourth-order valence-corrected chi connectivity index (χ4v) is 5.83. The summed E-state index contributed by atoms with van der Waals surface area (Å²) in [5.74, 6) is 0. The van der Waals surface area contributed by atoms with Gasteiger partial charge in [-0.2, -0.15) is 0 Å². The third kappa shape index (κ3) is 6.92. The predicted octanol–water partition coefficient (Wildman–Crippen LogP) is 3.88. The molecule has 158 valence electrons. The van der Waals surface area contributed by atoms with E-state index in [-0.39, 0.29) is 5.41 Å². The molecule has 30 heavy (non-hydrogen) atoms. The first-order valence-electron chi connectivity index (χ1n) is 10.5. The van der Waals surface area contributed by atoms with Crippen LogP contribution in [0.25, 0.3) is 0 Å². The van der Waals surface area contributed by atoms with E-state index in [1.807, 2.05) is 66.7 Å². The van der Waals surface area contributed by atoms with Gasteiger partial charge in [-0.1, -0.05) is 112 Å². The molecule has 4 heteroatoms. The van der Waals surface area contributed by atoms with Crippen LogP contribution in [-0.4, -0.2) is 26.5 Å². The second kappa shape index (κ2) is 10.7. The zero-order valence-electron chi connectivity index (χ0n) is 18.1. The number of benzene rings is 3. The Morgan fingerprint density at radius 2 is 1.23 bits per heavy atom. The Balaban J connectivity index is 1.85. The van der Waals surface area contributed by atoms with Gasteiger partial charge < -0.3 is 14.3 Å². The van der Waals surface area contributed by atoms with E-state index >= 15 is 0 Å². The summed E-state index contributed by atoms with van der Waals surface area (Å²) in [4.78, 5) is 0. The van der Waals surface area contributed by atoms with Gasteiger partial charge in [0.1, 0.15) is 6.10 Å². The molecule has 2 atom stereocenters. The fraction of sp³-hybridized carbons (Fsp3) is 0.308. The molecule has 0 fully saturated rings. The van der Waals surface area contributed by atoms with Gasteiger partial charge in [-0.3, -0.25) is 0 Å². The molecule has 3 nitrogen and oxygen atoms in total. The third-order valence-electron chi connectivity index (χ3n) is 4.87. The molecule has 0 aliphatic heterocycles. The normalized spacial score (nSPS) is 13.9. The summed E-state index contributed by atoms with van der Waals surface area (Å²) >= 11 is 0. The molecule has 3 aromatic carbocycles. The minimum atomic E-state index is -2.04. The Labute approximate surface area is 182 Å². The second-order valence-electron chi connectivity index (χ2n) is 8.83. The summed E-state index contributed by atoms with van der Waals surface area (Å²) in [6.07, 6.45) is -0.811. The monoisotopic (exact) mass is 420 g/mol. The number of aliphatic hydroxyl groups is 1. The molecule has 1 unspecified atom stereocenters. The average Bonchev–Trinajstić information content (AvgIpc) is 2.74. The molecule has 0 saturated carbocycles. The summed E-state index contributed by atoms with van der Waals surface area (Å²) in [6.45, 7) is 6.76. The van der Waals surface area contributed by atoms with E-state index < -0.39 is 21.4 Å². The Bertz CT molecular complexity index is 824. The summed E-state index contributed by atoms with van der Waals surface area (Å²) in [5.41, 5.74) is 1.03. The van der Waals surface area contributed by atoms with Crippen molar-refractivity contribution in [3.8, 4) is 0 Å². The molecule has 3 aromatic rings. The van der Waals surface area contributed by atoms with E-state index in [0.29, 0.717) is 13.0 Å². The van der Waals surface area contributed by atoms with Crippen LogP contribution >= 0.6 is 0 Å². The lowest BCUT2D eigenvalue weighted by Crippen LogP contribution is -2.50. The van der Waals surface area contributed by atoms with Gasteiger partial charge in [-0.05, 0) is 27.8 Å². The van der Waals surface area contributed by atoms with Gasteiger partial charge >= 0.3 is 0 Å². The van der Waals surface area contributed by atoms with Crippen LogP contribution in [0.2, 0.25) is 0 Å². The molecule has 0 aromatic heterocycles. The molecule has 0 amide bonds. The zero-order valence-corrected chi connectivity index (χ0v) is 19.2. The highest BCUT2D eigenvalue weighted by Gasteiger charge is 2.30. The molecule has 1 N–H and O–H groups in total. The Morgan fingerprint density at radius 3 is 1.70 bits per heavy atom. The highest BCUT2D eigenvalue weighted by atomic mass is 28.3. The van der Waals surface area contributed by atoms with Crippen LogP contribution in [0.4, 0.5) is 0 Å². The average molecular weight is 421 g/mol. The highest BCUT2D eigenvalue weighted by molar-refractivity contribution is 6.80. The third-order valence-corrected chi connectivity index (χ3v) is 7.39. The van der Waals surface area contributed by atoms with E-state index in [0.717, 1.165) is 5.56 Å². The first-order valence-corrected chi connectivity index (χ1v) is 12.1. The van der Waals surface area contributed by atoms with E-state index in [1.54, 1.807) is 0 Å². The molecule has 0 spiro atoms. The van der Waals surface area contributed by atoms with Crippen molar-refractivity contribution in [1.82, 2.24) is 0 Å². The van der Waals surface area contributed by atoms with Crippen LogP contribution in [0.3, 0.4) is 0 Å². The van der Waals surface area contributed by atoms with Crippen LogP contribution in [0.1, 0.15) is 32.8 Å². The second-order valence-corrected chi connectivity index (χ2v) is 11.2. The molecular weight excluding hydrogens is 388 g/mol. The maximum absolute atomic E-state index is 11.0. The number of hydrogen-bond acceptors (Lipinski definition) is 3. The number of ether oxygens (including phenoxy) is 1. The quantitative estimate of drug-likeness (QED) is 0.422. The number of rotatable bonds is 9. The van der Waals surface area contributed by atoms with Crippen molar-refractivity contribution in [2.24, 2.45) is 5.41 Å². The molecular formula is C26H32O3Si. The fourth-order valence-electron chi connectivity index (χ4n) is 3.46. The lowest BCUT2D eigenvalue weighted by molar-refractivity contribution is -0.160. The van der Waals surface area contributed by atoms with Crippen molar-refractivity contribution in [3.05, 3.63) is 96.6 Å². The van der Waals surface area contributed by atoms with E-state index in [2.05, 4.69) is 45.0 Å². The lowest BCUT2D eigenvalue weighted by Gasteiger charge is -2.31. The smallest absolute Gasteiger partial charge is 0.243 e. The number of aliphatic hydroxyl groups excluding tert-OH is 1. The van der Waals surface area contributed by atoms with Crippen LogP contribution in [-0.2, 0) is 15.8 Å². The molecule has 0 aliphatic carbocycles. The van der Waals surface area contributed by atoms with Gasteiger partial charge in [0, 0.05) is 0 Å². The van der Waals surface area contributed by atoms with Crippen LogP contribution in [0.5, 0.6) is 0 Å². The van der Waals surface area contributed by atoms with E-state index in [1.165, 1.54) is 10.4 Å². The standard InChI is InChI=1S/C26H32O3Si/c1-26(2,3)19-24(27)25(28-20-21-13-7-4-8-14-21)29-30(22-15-9-5-10-16-22)23-17-11-6-12-18-23/h4-18,24-25,27,30H,19-20H2,1-3H3/t24?,25-/m1/s1. The number of hydrogen-bond donors (Lipinski definition) is 1. The van der Waals surface area contributed by atoms with E-state index in [4.69, 9.17) is 9.16 Å². The summed E-state index contributed by atoms with van der Waals surface area (Å²) in [6, 6.07) is 30.6. The molecule has 0 bridgehead atoms. The van der Waals surface area contributed by atoms with E-state index in [9.17, 15) is 5.11 Å². The van der Waals surface area contributed by atoms with Gasteiger partial charge in [-0.25, -0.2) is 0 Å². The van der Waals surface area contributed by atoms with Gasteiger partial charge in [0.15, 0.2) is 6.29 Å². The van der Waals surface area contributed by atoms with Crippen molar-refractivity contribution in [2.45, 2.75) is 46.2 Å². The van der Waals surface area contributed by atoms with Gasteiger partial charge in [0.25, 0.3) is 0 Å². The minimum absolute atomic E-state index is 0.0340. The van der Waals surface area contributed by atoms with Gasteiger partial charge in [0.05, 0.1) is 6.61 Å². The van der Waals surface area contributed by atoms with Gasteiger partial charge in [-0.15, -0.1) is 0 Å². The summed E-state index contributed by atoms with van der Waals surface area (Å²) < 4.78 is 12.8. The van der Waals surface area contributed by atoms with Crippen molar-refractivity contribution in [3.63, 3.8) is 0 Å². The zero-order chi connectivity index (χ0) is 21.4. The highest BCUT2D eigenvalue weighted by Crippen LogP contribution is 2.24. The first kappa shape index (κ1) is 22.4. The van der Waals surface area contributed by atoms with Crippen molar-refractivity contribution in [2.75, 3.05) is 0 Å². The summed E-state index contributed by atoms with van der Waals surface area (Å²) in [7, 11) is -2.04. The topological polar surface area (TPSA) is 38.7 Å². The van der Waals surface area contributed by atoms with Gasteiger partial charge in [0.2, 0.25) is 9.04 Å². The Kier molecular flexibility index (Phi) is 7.99. The molecule has 0 saturated heterocycles. The first-order chi connectivity index (χ1) is 14.4. The maximum Gasteiger partial charge on any atom is 0.243 e. The largest absolute Gasteiger partial charge is 0.388 e. The summed E-state index contributed by atoms with van der Waals surface area (Å²) in [5, 5.41) is 13.4. The minimum Gasteiger partial charge on any atom is -0.388 e. The Hall–Kier alpha value is -2.24. The SMILES string of the molecule is CC(C)(C)CC(O)[C@H](OCc1ccccc1)O[SiH](c1ccccc1)c1ccccc1. The molecule has 0 heterocycles. The van der Waals surface area contributed by atoms with Crippen LogP contribution < -0.4 is 10.4 Å². The van der Waals surface area contributed by atoms with Crippen LogP contribution in [0, 0.1) is 5.41 Å². The lowest BCUT2D eigenvalue weighted by atomic mass is 9.89. The van der Waals surface area contributed by atoms with Crippen molar-refractivity contribution < 1.29 is 14.3 Å². The predicted molar refractivity (Wildman–Crippen MR) is 125 cm³/mol. The molecule has 0 aliphatic rings. The van der Waals surface area contributed by atoms with Crippen molar-refractivity contribution >= 4 is 19.4 Å². The van der Waals surface area contributed by atoms with Crippen LogP contribution in [0.15, 0.2) is 91.0 Å². The Morgan fingerprint density at radius 1 is 0.767 bits per heavy atom. The van der Waals surface area contributed by atoms with Crippen molar-refractivity contribution in [1.29, 1.82) is 0 Å². The maximum atomic E-state index is 11.0.